The summed E-state index contributed by atoms with van der Waals surface area (Å²) >= 11 is 0. The Morgan fingerprint density at radius 2 is 1.86 bits per heavy atom. The Bertz CT molecular complexity index is 571. The summed E-state index contributed by atoms with van der Waals surface area (Å²) in [6.45, 7) is 4.01. The number of hydrogen-bond donors (Lipinski definition) is 1. The maximum absolute atomic E-state index is 13.5. The van der Waals surface area contributed by atoms with Crippen molar-refractivity contribution in [2.75, 3.05) is 0 Å². The van der Waals surface area contributed by atoms with E-state index in [1.807, 2.05) is 44.2 Å². The number of benzene rings is 2. The van der Waals surface area contributed by atoms with Crippen LogP contribution in [0.3, 0.4) is 0 Å². The normalized spacial score (nSPS) is 13.7. The van der Waals surface area contributed by atoms with Crippen molar-refractivity contribution in [3.63, 3.8) is 0 Å². The minimum Gasteiger partial charge on any atom is -0.486 e. The predicted octanol–water partition coefficient (Wildman–Crippen LogP) is 4.25. The highest BCUT2D eigenvalue weighted by Gasteiger charge is 2.13. The molecule has 0 heterocycles. The monoisotopic (exact) mass is 287 g/mol. The lowest BCUT2D eigenvalue weighted by Crippen LogP contribution is -2.22. The van der Waals surface area contributed by atoms with Gasteiger partial charge in [0.2, 0.25) is 0 Å². The number of ether oxygens (including phenoxy) is 1. The third kappa shape index (κ3) is 4.30. The molecule has 0 aromatic heterocycles. The predicted molar refractivity (Wildman–Crippen MR) is 83.9 cm³/mol. The molecule has 2 aromatic carbocycles. The highest BCUT2D eigenvalue weighted by Crippen LogP contribution is 2.27. The van der Waals surface area contributed by atoms with Gasteiger partial charge in [0.05, 0.1) is 0 Å². The highest BCUT2D eigenvalue weighted by molar-refractivity contribution is 5.35. The van der Waals surface area contributed by atoms with Crippen LogP contribution in [0, 0.1) is 5.82 Å². The Balaban J connectivity index is 2.19. The first-order valence-corrected chi connectivity index (χ1v) is 7.35. The Hall–Kier alpha value is -1.87. The zero-order valence-corrected chi connectivity index (χ0v) is 12.6. The molecule has 0 radical (unpaired) electrons. The molecule has 2 N–H and O–H groups in total. The van der Waals surface area contributed by atoms with Gasteiger partial charge in [-0.2, -0.15) is 0 Å². The molecule has 0 fully saturated rings. The van der Waals surface area contributed by atoms with E-state index in [0.29, 0.717) is 12.2 Å². The molecule has 112 valence electrons. The Morgan fingerprint density at radius 1 is 1.14 bits per heavy atom. The second kappa shape index (κ2) is 7.23. The Morgan fingerprint density at radius 3 is 2.52 bits per heavy atom. The highest BCUT2D eigenvalue weighted by atomic mass is 19.1. The van der Waals surface area contributed by atoms with Crippen molar-refractivity contribution in [2.24, 2.45) is 5.73 Å². The molecule has 0 aliphatic rings. The summed E-state index contributed by atoms with van der Waals surface area (Å²) in [5.41, 5.74) is 7.90. The SMILES string of the molecule is CCC(N)Cc1cc(F)ccc1OC(C)c1ccccc1. The molecular formula is C18H22FNO. The van der Waals surface area contributed by atoms with E-state index in [-0.39, 0.29) is 18.0 Å². The fraction of sp³-hybridized carbons (Fsp3) is 0.333. The molecule has 2 rings (SSSR count). The number of hydrogen-bond acceptors (Lipinski definition) is 2. The molecule has 0 spiro atoms. The van der Waals surface area contributed by atoms with E-state index in [9.17, 15) is 4.39 Å². The average Bonchev–Trinajstić information content (AvgIpc) is 2.50. The van der Waals surface area contributed by atoms with Gasteiger partial charge in [-0.25, -0.2) is 4.39 Å². The summed E-state index contributed by atoms with van der Waals surface area (Å²) in [6, 6.07) is 14.6. The molecule has 3 heteroatoms. The van der Waals surface area contributed by atoms with Gasteiger partial charge in [0.1, 0.15) is 17.7 Å². The van der Waals surface area contributed by atoms with Crippen LogP contribution in [0.25, 0.3) is 0 Å². The van der Waals surface area contributed by atoms with E-state index >= 15 is 0 Å². The summed E-state index contributed by atoms with van der Waals surface area (Å²) in [5, 5.41) is 0. The summed E-state index contributed by atoms with van der Waals surface area (Å²) in [5.74, 6) is 0.449. The quantitative estimate of drug-likeness (QED) is 0.862. The molecular weight excluding hydrogens is 265 g/mol. The topological polar surface area (TPSA) is 35.2 Å². The van der Waals surface area contributed by atoms with Gasteiger partial charge in [-0.1, -0.05) is 37.3 Å². The molecule has 0 aliphatic carbocycles. The van der Waals surface area contributed by atoms with Crippen LogP contribution in [-0.2, 0) is 6.42 Å². The van der Waals surface area contributed by atoms with Gasteiger partial charge in [0, 0.05) is 6.04 Å². The first-order chi connectivity index (χ1) is 10.1. The zero-order valence-electron chi connectivity index (χ0n) is 12.6. The Kier molecular flexibility index (Phi) is 5.34. The van der Waals surface area contributed by atoms with Crippen LogP contribution >= 0.6 is 0 Å². The molecule has 2 nitrogen and oxygen atoms in total. The third-order valence-electron chi connectivity index (χ3n) is 3.60. The van der Waals surface area contributed by atoms with Gasteiger partial charge in [0.25, 0.3) is 0 Å². The van der Waals surface area contributed by atoms with E-state index in [1.54, 1.807) is 6.07 Å². The fourth-order valence-electron chi connectivity index (χ4n) is 2.23. The standard InChI is InChI=1S/C18H22FNO/c1-3-17(20)12-15-11-16(19)9-10-18(15)21-13(2)14-7-5-4-6-8-14/h4-11,13,17H,3,12,20H2,1-2H3. The third-order valence-corrected chi connectivity index (χ3v) is 3.60. The van der Waals surface area contributed by atoms with Gasteiger partial charge in [-0.05, 0) is 49.1 Å². The Labute approximate surface area is 125 Å². The van der Waals surface area contributed by atoms with E-state index in [0.717, 1.165) is 17.5 Å². The summed E-state index contributed by atoms with van der Waals surface area (Å²) in [4.78, 5) is 0. The summed E-state index contributed by atoms with van der Waals surface area (Å²) < 4.78 is 19.5. The average molecular weight is 287 g/mol. The van der Waals surface area contributed by atoms with Crippen LogP contribution in [0.1, 0.15) is 37.5 Å². The van der Waals surface area contributed by atoms with Crippen LogP contribution in [0.5, 0.6) is 5.75 Å². The molecule has 2 aromatic rings. The molecule has 21 heavy (non-hydrogen) atoms. The minimum absolute atomic E-state index is 0.0150. The van der Waals surface area contributed by atoms with Crippen LogP contribution in [0.4, 0.5) is 4.39 Å². The first-order valence-electron chi connectivity index (χ1n) is 7.35. The van der Waals surface area contributed by atoms with Crippen molar-refractivity contribution >= 4 is 0 Å². The smallest absolute Gasteiger partial charge is 0.123 e. The van der Waals surface area contributed by atoms with E-state index < -0.39 is 0 Å². The molecule has 0 amide bonds. The van der Waals surface area contributed by atoms with Crippen molar-refractivity contribution in [3.8, 4) is 5.75 Å². The fourth-order valence-corrected chi connectivity index (χ4v) is 2.23. The van der Waals surface area contributed by atoms with Crippen LogP contribution in [-0.4, -0.2) is 6.04 Å². The second-order valence-corrected chi connectivity index (χ2v) is 5.30. The maximum Gasteiger partial charge on any atom is 0.123 e. The first kappa shape index (κ1) is 15.5. The van der Waals surface area contributed by atoms with Crippen molar-refractivity contribution in [2.45, 2.75) is 38.8 Å². The van der Waals surface area contributed by atoms with Crippen molar-refractivity contribution in [3.05, 3.63) is 65.5 Å². The van der Waals surface area contributed by atoms with E-state index in [2.05, 4.69) is 0 Å². The van der Waals surface area contributed by atoms with Gasteiger partial charge in [-0.15, -0.1) is 0 Å². The molecule has 0 saturated heterocycles. The van der Waals surface area contributed by atoms with Crippen molar-refractivity contribution in [1.82, 2.24) is 0 Å². The number of halogens is 1. The van der Waals surface area contributed by atoms with Crippen molar-refractivity contribution < 1.29 is 9.13 Å². The van der Waals surface area contributed by atoms with Gasteiger partial charge >= 0.3 is 0 Å². The molecule has 2 atom stereocenters. The molecule has 2 unspecified atom stereocenters. The number of rotatable bonds is 6. The summed E-state index contributed by atoms with van der Waals surface area (Å²) in [6.07, 6.45) is 1.38. The van der Waals surface area contributed by atoms with Crippen LogP contribution in [0.15, 0.2) is 48.5 Å². The van der Waals surface area contributed by atoms with Crippen molar-refractivity contribution in [1.29, 1.82) is 0 Å². The lowest BCUT2D eigenvalue weighted by molar-refractivity contribution is 0.224. The largest absolute Gasteiger partial charge is 0.486 e. The maximum atomic E-state index is 13.5. The lowest BCUT2D eigenvalue weighted by Gasteiger charge is -2.19. The second-order valence-electron chi connectivity index (χ2n) is 5.30. The molecule has 0 saturated carbocycles. The number of nitrogens with two attached hydrogens (primary N) is 1. The van der Waals surface area contributed by atoms with Gasteiger partial charge in [0.15, 0.2) is 0 Å². The minimum atomic E-state index is -0.256. The lowest BCUT2D eigenvalue weighted by atomic mass is 10.0. The van der Waals surface area contributed by atoms with Gasteiger partial charge in [-0.3, -0.25) is 0 Å². The van der Waals surface area contributed by atoms with Crippen LogP contribution in [0.2, 0.25) is 0 Å². The van der Waals surface area contributed by atoms with Gasteiger partial charge < -0.3 is 10.5 Å². The summed E-state index contributed by atoms with van der Waals surface area (Å²) in [7, 11) is 0. The van der Waals surface area contributed by atoms with E-state index in [1.165, 1.54) is 12.1 Å². The molecule has 0 bridgehead atoms. The van der Waals surface area contributed by atoms with E-state index in [4.69, 9.17) is 10.5 Å². The zero-order chi connectivity index (χ0) is 15.2. The van der Waals surface area contributed by atoms with Crippen LogP contribution < -0.4 is 10.5 Å². The molecule has 0 aliphatic heterocycles.